The maximum atomic E-state index is 12.6. The van der Waals surface area contributed by atoms with Gasteiger partial charge in [0.15, 0.2) is 0 Å². The van der Waals surface area contributed by atoms with E-state index in [0.29, 0.717) is 17.3 Å². The van der Waals surface area contributed by atoms with Gasteiger partial charge in [-0.25, -0.2) is 4.98 Å². The fourth-order valence-electron chi connectivity index (χ4n) is 4.74. The smallest absolute Gasteiger partial charge is 0.496 e. The number of nitrogens with zero attached hydrogens (tertiary/aromatic N) is 3. The molecule has 1 aromatic carbocycles. The molecule has 0 spiro atoms. The number of methoxy groups -OCH3 is 1. The molecule has 0 aliphatic carbocycles. The summed E-state index contributed by atoms with van der Waals surface area (Å²) in [4.78, 5) is 7.48. The zero-order valence-electron chi connectivity index (χ0n) is 19.5. The molecule has 0 saturated carbocycles. The Bertz CT molecular complexity index is 1130. The number of aromatic nitrogens is 2. The molecule has 1 atom stereocenters. The van der Waals surface area contributed by atoms with Gasteiger partial charge in [-0.2, -0.15) is 0 Å². The van der Waals surface area contributed by atoms with Crippen molar-refractivity contribution in [3.63, 3.8) is 0 Å². The molecule has 3 aromatic rings. The largest absolute Gasteiger partial charge is 0.573 e. The van der Waals surface area contributed by atoms with Crippen LogP contribution in [0.5, 0.6) is 11.5 Å². The second-order valence-corrected chi connectivity index (χ2v) is 8.72. The van der Waals surface area contributed by atoms with Crippen LogP contribution in [0.2, 0.25) is 0 Å². The number of hydrogen-bond acceptors (Lipinski definition) is 4. The summed E-state index contributed by atoms with van der Waals surface area (Å²) in [6.45, 7) is 9.56. The van der Waals surface area contributed by atoms with Crippen LogP contribution in [0.1, 0.15) is 43.4 Å². The van der Waals surface area contributed by atoms with Crippen LogP contribution in [0.3, 0.4) is 0 Å². The Labute approximate surface area is 192 Å². The van der Waals surface area contributed by atoms with Crippen LogP contribution in [0.15, 0.2) is 30.5 Å². The summed E-state index contributed by atoms with van der Waals surface area (Å²) in [5, 5.41) is 0. The van der Waals surface area contributed by atoms with Crippen LogP contribution in [-0.2, 0) is 0 Å². The predicted molar refractivity (Wildman–Crippen MR) is 123 cm³/mol. The molecule has 8 heteroatoms. The van der Waals surface area contributed by atoms with E-state index in [1.54, 1.807) is 6.07 Å². The third-order valence-corrected chi connectivity index (χ3v) is 6.37. The Morgan fingerprint density at radius 3 is 2.45 bits per heavy atom. The van der Waals surface area contributed by atoms with Crippen LogP contribution < -0.4 is 9.47 Å². The van der Waals surface area contributed by atoms with Crippen LogP contribution in [0.4, 0.5) is 13.2 Å². The molecule has 1 aliphatic heterocycles. The number of alkyl halides is 3. The SMILES string of the molecule is CCC(CN1CCCC1)n1cc(C)c2nc(-c3ccc(OC(F)(F)F)cc3OC)c(C)cc21. The third-order valence-electron chi connectivity index (χ3n) is 6.37. The maximum Gasteiger partial charge on any atom is 0.573 e. The third kappa shape index (κ3) is 4.95. The summed E-state index contributed by atoms with van der Waals surface area (Å²) in [5.74, 6) is -0.0406. The van der Waals surface area contributed by atoms with Crippen molar-refractivity contribution < 1.29 is 22.6 Å². The lowest BCUT2D eigenvalue weighted by Crippen LogP contribution is -2.28. The first kappa shape index (κ1) is 23.4. The highest BCUT2D eigenvalue weighted by atomic mass is 19.4. The number of benzene rings is 1. The Kier molecular flexibility index (Phi) is 6.56. The summed E-state index contributed by atoms with van der Waals surface area (Å²) >= 11 is 0. The van der Waals surface area contributed by atoms with E-state index in [1.807, 2.05) is 13.8 Å². The Balaban J connectivity index is 1.73. The highest BCUT2D eigenvalue weighted by Gasteiger charge is 2.31. The van der Waals surface area contributed by atoms with Crippen molar-refractivity contribution in [1.29, 1.82) is 0 Å². The summed E-state index contributed by atoms with van der Waals surface area (Å²) < 4.78 is 49.7. The minimum absolute atomic E-state index is 0.282. The molecule has 1 unspecified atom stereocenters. The topological polar surface area (TPSA) is 39.5 Å². The molecule has 3 heterocycles. The second-order valence-electron chi connectivity index (χ2n) is 8.72. The van der Waals surface area contributed by atoms with Gasteiger partial charge in [-0.3, -0.25) is 0 Å². The molecule has 1 aliphatic rings. The standard InChI is InChI=1S/C25H30F3N3O2/c1-5-18(15-30-10-6-7-11-30)31-14-17(3)24-21(31)12-16(2)23(29-24)20-9-8-19(13-22(20)32-4)33-25(26,27)28/h8-9,12-14,18H,5-7,10-11,15H2,1-4H3. The van der Waals surface area contributed by atoms with Gasteiger partial charge in [0, 0.05) is 30.4 Å². The summed E-state index contributed by atoms with van der Waals surface area (Å²) in [6, 6.07) is 6.58. The second kappa shape index (κ2) is 9.25. The lowest BCUT2D eigenvalue weighted by atomic mass is 10.0. The molecule has 5 nitrogen and oxygen atoms in total. The fraction of sp³-hybridized carbons (Fsp3) is 0.480. The van der Waals surface area contributed by atoms with Gasteiger partial charge in [0.2, 0.25) is 0 Å². The number of ether oxygens (including phenoxy) is 2. The highest BCUT2D eigenvalue weighted by Crippen LogP contribution is 2.37. The van der Waals surface area contributed by atoms with Crippen molar-refractivity contribution in [3.8, 4) is 22.8 Å². The summed E-state index contributed by atoms with van der Waals surface area (Å²) in [7, 11) is 1.43. The molecule has 1 fully saturated rings. The number of hydrogen-bond donors (Lipinski definition) is 0. The van der Waals surface area contributed by atoms with Crippen LogP contribution in [0, 0.1) is 13.8 Å². The quantitative estimate of drug-likeness (QED) is 0.416. The van der Waals surface area contributed by atoms with E-state index in [0.717, 1.165) is 48.2 Å². The van der Waals surface area contributed by atoms with Gasteiger partial charge in [0.1, 0.15) is 11.5 Å². The number of likely N-dealkylation sites (tertiary alicyclic amines) is 1. The molecular weight excluding hydrogens is 431 g/mol. The molecule has 4 rings (SSSR count). The number of halogens is 3. The Hall–Kier alpha value is -2.74. The van der Waals surface area contributed by atoms with Gasteiger partial charge < -0.3 is 18.9 Å². The molecule has 1 saturated heterocycles. The first-order chi connectivity index (χ1) is 15.7. The fourth-order valence-corrected chi connectivity index (χ4v) is 4.74. The van der Waals surface area contributed by atoms with Gasteiger partial charge in [0.05, 0.1) is 23.8 Å². The zero-order valence-corrected chi connectivity index (χ0v) is 19.5. The van der Waals surface area contributed by atoms with E-state index in [4.69, 9.17) is 9.72 Å². The van der Waals surface area contributed by atoms with Crippen molar-refractivity contribution >= 4 is 11.0 Å². The Morgan fingerprint density at radius 1 is 1.09 bits per heavy atom. The van der Waals surface area contributed by atoms with E-state index >= 15 is 0 Å². The number of fused-ring (bicyclic) bond motifs is 1. The Morgan fingerprint density at radius 2 is 1.82 bits per heavy atom. The van der Waals surface area contributed by atoms with Crippen molar-refractivity contribution in [2.45, 2.75) is 52.4 Å². The van der Waals surface area contributed by atoms with Gasteiger partial charge >= 0.3 is 6.36 Å². The average molecular weight is 462 g/mol. The maximum absolute atomic E-state index is 12.6. The highest BCUT2D eigenvalue weighted by molar-refractivity contribution is 5.85. The normalized spacial score (nSPS) is 15.8. The monoisotopic (exact) mass is 461 g/mol. The van der Waals surface area contributed by atoms with Gasteiger partial charge in [0.25, 0.3) is 0 Å². The lowest BCUT2D eigenvalue weighted by molar-refractivity contribution is -0.274. The van der Waals surface area contributed by atoms with Crippen LogP contribution in [-0.4, -0.2) is 47.6 Å². The summed E-state index contributed by atoms with van der Waals surface area (Å²) in [5.41, 5.74) is 5.29. The van der Waals surface area contributed by atoms with Crippen LogP contribution >= 0.6 is 0 Å². The molecule has 0 bridgehead atoms. The van der Waals surface area contributed by atoms with E-state index in [2.05, 4.69) is 33.4 Å². The average Bonchev–Trinajstić information content (AvgIpc) is 3.38. The van der Waals surface area contributed by atoms with E-state index in [9.17, 15) is 13.2 Å². The minimum Gasteiger partial charge on any atom is -0.496 e. The van der Waals surface area contributed by atoms with Crippen LogP contribution in [0.25, 0.3) is 22.3 Å². The van der Waals surface area contributed by atoms with Crippen molar-refractivity contribution in [2.75, 3.05) is 26.7 Å². The first-order valence-electron chi connectivity index (χ1n) is 11.4. The van der Waals surface area contributed by atoms with Gasteiger partial charge in [-0.05, 0) is 75.5 Å². The molecule has 0 amide bonds. The minimum atomic E-state index is -4.76. The number of pyridine rings is 1. The van der Waals surface area contributed by atoms with Gasteiger partial charge in [-0.15, -0.1) is 13.2 Å². The van der Waals surface area contributed by atoms with E-state index < -0.39 is 6.36 Å². The van der Waals surface area contributed by atoms with Gasteiger partial charge in [-0.1, -0.05) is 6.92 Å². The first-order valence-corrected chi connectivity index (χ1v) is 11.4. The summed E-state index contributed by atoms with van der Waals surface area (Å²) in [6.07, 6.45) is 0.962. The molecule has 178 valence electrons. The molecule has 0 N–H and O–H groups in total. The molecule has 2 aromatic heterocycles. The van der Waals surface area contributed by atoms with Crippen molar-refractivity contribution in [1.82, 2.24) is 14.5 Å². The number of aryl methyl sites for hydroxylation is 2. The number of rotatable bonds is 7. The van der Waals surface area contributed by atoms with Crippen molar-refractivity contribution in [3.05, 3.63) is 41.6 Å². The van der Waals surface area contributed by atoms with E-state index in [1.165, 1.54) is 32.1 Å². The predicted octanol–water partition coefficient (Wildman–Crippen LogP) is 6.27. The zero-order chi connectivity index (χ0) is 23.8. The van der Waals surface area contributed by atoms with Crippen molar-refractivity contribution in [2.24, 2.45) is 0 Å². The molecular formula is C25H30F3N3O2. The van der Waals surface area contributed by atoms with E-state index in [-0.39, 0.29) is 11.5 Å². The molecule has 33 heavy (non-hydrogen) atoms. The molecule has 0 radical (unpaired) electrons. The lowest BCUT2D eigenvalue weighted by Gasteiger charge is -2.25.